The van der Waals surface area contributed by atoms with Gasteiger partial charge < -0.3 is 4.74 Å². The standard InChI is InChI=1S/C30H26O2S/c1-23-11-8-9-14-26(23)22-27-15-5-2-3-10-20-33-29(27)21-24-16-18-28(19-17-24)32-30(31)25-12-6-4-7-13-25/h2-20H,21-22H2,1H3. The molecule has 3 heteroatoms. The molecule has 33 heavy (non-hydrogen) atoms. The van der Waals surface area contributed by atoms with Crippen LogP contribution in [-0.4, -0.2) is 5.97 Å². The fourth-order valence-corrected chi connectivity index (χ4v) is 4.44. The Morgan fingerprint density at radius 2 is 1.33 bits per heavy atom. The van der Waals surface area contributed by atoms with Gasteiger partial charge in [-0.3, -0.25) is 0 Å². The van der Waals surface area contributed by atoms with Gasteiger partial charge in [0.1, 0.15) is 5.75 Å². The lowest BCUT2D eigenvalue weighted by atomic mass is 9.99. The van der Waals surface area contributed by atoms with E-state index in [0.717, 1.165) is 12.8 Å². The molecule has 0 aliphatic carbocycles. The van der Waals surface area contributed by atoms with Crippen LogP contribution in [0.4, 0.5) is 0 Å². The van der Waals surface area contributed by atoms with Gasteiger partial charge in [-0.2, -0.15) is 0 Å². The van der Waals surface area contributed by atoms with Crippen molar-refractivity contribution in [2.24, 2.45) is 0 Å². The number of carbonyl (C=O) groups excluding carboxylic acids is 1. The van der Waals surface area contributed by atoms with E-state index < -0.39 is 0 Å². The number of benzene rings is 3. The van der Waals surface area contributed by atoms with Gasteiger partial charge >= 0.3 is 5.97 Å². The van der Waals surface area contributed by atoms with Crippen LogP contribution in [0.15, 0.2) is 115 Å². The fourth-order valence-electron chi connectivity index (χ4n) is 3.56. The Bertz CT molecular complexity index is 1260. The van der Waals surface area contributed by atoms with Gasteiger partial charge in [-0.1, -0.05) is 84.9 Å². The molecule has 0 atom stereocenters. The molecule has 0 unspecified atom stereocenters. The summed E-state index contributed by atoms with van der Waals surface area (Å²) in [6.45, 7) is 2.16. The van der Waals surface area contributed by atoms with Gasteiger partial charge in [0.25, 0.3) is 0 Å². The van der Waals surface area contributed by atoms with Crippen LogP contribution in [0.5, 0.6) is 5.75 Å². The van der Waals surface area contributed by atoms with E-state index in [1.165, 1.54) is 27.1 Å². The first-order chi connectivity index (χ1) is 16.2. The van der Waals surface area contributed by atoms with Crippen LogP contribution in [0, 0.1) is 6.92 Å². The van der Waals surface area contributed by atoms with Crippen LogP contribution < -0.4 is 4.74 Å². The minimum Gasteiger partial charge on any atom is -0.423 e. The third-order valence-corrected chi connectivity index (χ3v) is 6.41. The van der Waals surface area contributed by atoms with Gasteiger partial charge in [0.15, 0.2) is 0 Å². The first kappa shape index (κ1) is 22.5. The first-order valence-corrected chi connectivity index (χ1v) is 11.9. The first-order valence-electron chi connectivity index (χ1n) is 11.0. The summed E-state index contributed by atoms with van der Waals surface area (Å²) in [6, 6.07) is 35.9. The molecule has 4 rings (SSSR count). The molecule has 0 saturated heterocycles. The van der Waals surface area contributed by atoms with E-state index in [9.17, 15) is 4.79 Å². The highest BCUT2D eigenvalue weighted by Gasteiger charge is 2.09. The summed E-state index contributed by atoms with van der Waals surface area (Å²) in [5.74, 6) is 0.203. The van der Waals surface area contributed by atoms with Crippen molar-refractivity contribution in [1.29, 1.82) is 0 Å². The maximum absolute atomic E-state index is 12.3. The molecule has 0 N–H and O–H groups in total. The van der Waals surface area contributed by atoms with Crippen molar-refractivity contribution in [3.05, 3.63) is 147 Å². The summed E-state index contributed by atoms with van der Waals surface area (Å²) >= 11 is 1.76. The van der Waals surface area contributed by atoms with Crippen molar-refractivity contribution in [2.45, 2.75) is 19.8 Å². The number of carbonyl (C=O) groups is 1. The monoisotopic (exact) mass is 450 g/mol. The highest BCUT2D eigenvalue weighted by molar-refractivity contribution is 7.09. The quantitative estimate of drug-likeness (QED) is 0.223. The molecule has 0 bridgehead atoms. The molecule has 0 aliphatic rings. The molecule has 0 aliphatic heterocycles. The number of hydrogen-bond acceptors (Lipinski definition) is 3. The highest BCUT2D eigenvalue weighted by atomic mass is 32.1. The van der Waals surface area contributed by atoms with E-state index in [1.807, 2.05) is 48.5 Å². The SMILES string of the molecule is Cc1ccccc1Cc1ccccccsc1Cc1ccc(OC(=O)c2ccccc2)cc1. The average Bonchev–Trinajstić information content (AvgIpc) is 2.95. The fraction of sp³-hybridized carbons (Fsp3) is 0.100. The maximum Gasteiger partial charge on any atom is 0.343 e. The van der Waals surface area contributed by atoms with Crippen LogP contribution in [-0.2, 0) is 12.8 Å². The number of hydrogen-bond donors (Lipinski definition) is 0. The number of ether oxygens (including phenoxy) is 1. The van der Waals surface area contributed by atoms with Gasteiger partial charge in [0.05, 0.1) is 5.56 Å². The number of esters is 1. The summed E-state index contributed by atoms with van der Waals surface area (Å²) < 4.78 is 5.53. The van der Waals surface area contributed by atoms with Crippen LogP contribution in [0.2, 0.25) is 0 Å². The molecule has 0 spiro atoms. The normalized spacial score (nSPS) is 10.3. The second-order valence-electron chi connectivity index (χ2n) is 7.82. The Kier molecular flexibility index (Phi) is 7.68. The van der Waals surface area contributed by atoms with Crippen molar-refractivity contribution < 1.29 is 9.53 Å². The lowest BCUT2D eigenvalue weighted by Crippen LogP contribution is -2.08. The maximum atomic E-state index is 12.3. The van der Waals surface area contributed by atoms with Crippen molar-refractivity contribution in [3.8, 4) is 5.75 Å². The molecular formula is C30H26O2S. The van der Waals surface area contributed by atoms with E-state index in [1.54, 1.807) is 23.5 Å². The summed E-state index contributed by atoms with van der Waals surface area (Å²) in [5, 5.41) is 2.13. The number of rotatable bonds is 6. The van der Waals surface area contributed by atoms with Gasteiger partial charge in [0, 0.05) is 11.3 Å². The zero-order valence-corrected chi connectivity index (χ0v) is 19.4. The molecule has 0 fully saturated rings. The molecule has 3 aromatic carbocycles. The van der Waals surface area contributed by atoms with Crippen LogP contribution in [0.25, 0.3) is 0 Å². The lowest BCUT2D eigenvalue weighted by Gasteiger charge is -2.10. The molecule has 1 aromatic heterocycles. The molecule has 4 aromatic rings. The van der Waals surface area contributed by atoms with E-state index in [4.69, 9.17) is 4.74 Å². The molecular weight excluding hydrogens is 424 g/mol. The Balaban J connectivity index is 1.56. The molecule has 0 saturated carbocycles. The molecule has 1 heterocycles. The smallest absolute Gasteiger partial charge is 0.343 e. The van der Waals surface area contributed by atoms with Crippen molar-refractivity contribution >= 4 is 17.3 Å². The van der Waals surface area contributed by atoms with Crippen LogP contribution in [0.1, 0.15) is 37.5 Å². The third-order valence-electron chi connectivity index (χ3n) is 5.43. The zero-order valence-electron chi connectivity index (χ0n) is 18.6. The topological polar surface area (TPSA) is 26.3 Å². The van der Waals surface area contributed by atoms with Gasteiger partial charge in [-0.15, -0.1) is 11.3 Å². The summed E-state index contributed by atoms with van der Waals surface area (Å²) in [7, 11) is 0. The predicted molar refractivity (Wildman–Crippen MR) is 137 cm³/mol. The Morgan fingerprint density at radius 1 is 0.697 bits per heavy atom. The summed E-state index contributed by atoms with van der Waals surface area (Å²) in [4.78, 5) is 13.6. The Labute approximate surface area is 199 Å². The predicted octanol–water partition coefficient (Wildman–Crippen LogP) is 7.58. The third kappa shape index (κ3) is 6.41. The van der Waals surface area contributed by atoms with Gasteiger partial charge in [-0.25, -0.2) is 4.79 Å². The molecule has 0 radical (unpaired) electrons. The Morgan fingerprint density at radius 3 is 2.12 bits per heavy atom. The van der Waals surface area contributed by atoms with Gasteiger partial charge in [0.2, 0.25) is 0 Å². The van der Waals surface area contributed by atoms with Crippen LogP contribution in [0.3, 0.4) is 0 Å². The van der Waals surface area contributed by atoms with Crippen molar-refractivity contribution in [2.75, 3.05) is 0 Å². The minimum absolute atomic E-state index is 0.346. The van der Waals surface area contributed by atoms with Crippen LogP contribution >= 0.6 is 11.3 Å². The Hall–Kier alpha value is -3.69. The van der Waals surface area contributed by atoms with E-state index in [2.05, 4.69) is 60.8 Å². The zero-order chi connectivity index (χ0) is 22.9. The number of aryl methyl sites for hydroxylation is 1. The molecule has 164 valence electrons. The average molecular weight is 451 g/mol. The van der Waals surface area contributed by atoms with E-state index in [0.29, 0.717) is 11.3 Å². The summed E-state index contributed by atoms with van der Waals surface area (Å²) in [5.41, 5.74) is 5.67. The lowest BCUT2D eigenvalue weighted by molar-refractivity contribution is 0.0734. The van der Waals surface area contributed by atoms with E-state index >= 15 is 0 Å². The molecule has 0 amide bonds. The van der Waals surface area contributed by atoms with Gasteiger partial charge in [-0.05, 0) is 65.2 Å². The second-order valence-corrected chi connectivity index (χ2v) is 8.82. The summed E-state index contributed by atoms with van der Waals surface area (Å²) in [6.07, 6.45) is 1.70. The van der Waals surface area contributed by atoms with Crippen molar-refractivity contribution in [3.63, 3.8) is 0 Å². The van der Waals surface area contributed by atoms with E-state index in [-0.39, 0.29) is 5.97 Å². The molecule has 2 nitrogen and oxygen atoms in total. The minimum atomic E-state index is -0.346. The highest BCUT2D eigenvalue weighted by Crippen LogP contribution is 2.23. The van der Waals surface area contributed by atoms with Crippen molar-refractivity contribution in [1.82, 2.24) is 0 Å². The second kappa shape index (κ2) is 11.3. The largest absolute Gasteiger partial charge is 0.423 e.